The summed E-state index contributed by atoms with van der Waals surface area (Å²) in [4.78, 5) is 0. The number of anilines is 1. The molecule has 0 fully saturated rings. The van der Waals surface area contributed by atoms with Crippen molar-refractivity contribution < 1.29 is 8.78 Å². The average Bonchev–Trinajstić information content (AvgIpc) is 3.09. The Kier molecular flexibility index (Phi) is 2.70. The lowest BCUT2D eigenvalue weighted by Gasteiger charge is -2.36. The topological polar surface area (TPSA) is 45.6 Å². The van der Waals surface area contributed by atoms with Gasteiger partial charge in [-0.05, 0) is 39.0 Å². The first-order valence-corrected chi connectivity index (χ1v) is 7.39. The van der Waals surface area contributed by atoms with E-state index in [0.717, 1.165) is 11.4 Å². The average molecular weight is 314 g/mol. The highest BCUT2D eigenvalue weighted by atomic mass is 19.1. The van der Waals surface area contributed by atoms with Crippen LogP contribution in [0.3, 0.4) is 0 Å². The van der Waals surface area contributed by atoms with E-state index in [0.29, 0.717) is 17.1 Å². The predicted molar refractivity (Wildman–Crippen MR) is 84.7 cm³/mol. The zero-order valence-corrected chi connectivity index (χ0v) is 13.0. The van der Waals surface area contributed by atoms with Crippen molar-refractivity contribution in [3.63, 3.8) is 0 Å². The molecule has 0 unspecified atom stereocenters. The van der Waals surface area contributed by atoms with Crippen LogP contribution in [0.5, 0.6) is 0 Å². The maximum atomic E-state index is 15.2. The number of hydrogen-bond donors (Lipinski definition) is 2. The monoisotopic (exact) mass is 314 g/mol. The Bertz CT molecular complexity index is 907. The molecule has 0 atom stereocenters. The highest BCUT2D eigenvalue weighted by Crippen LogP contribution is 2.42. The molecule has 3 heterocycles. The van der Waals surface area contributed by atoms with Crippen LogP contribution in [-0.2, 0) is 5.54 Å². The van der Waals surface area contributed by atoms with Crippen molar-refractivity contribution in [2.24, 2.45) is 0 Å². The van der Waals surface area contributed by atoms with Crippen LogP contribution in [-0.4, -0.2) is 14.8 Å². The van der Waals surface area contributed by atoms with Crippen LogP contribution in [0.15, 0.2) is 30.5 Å². The van der Waals surface area contributed by atoms with Crippen LogP contribution in [0.1, 0.15) is 25.2 Å². The van der Waals surface area contributed by atoms with Gasteiger partial charge < -0.3 is 9.88 Å². The number of fused-ring (bicyclic) bond motifs is 3. The van der Waals surface area contributed by atoms with Crippen molar-refractivity contribution >= 4 is 5.69 Å². The van der Waals surface area contributed by atoms with Gasteiger partial charge in [-0.25, -0.2) is 8.78 Å². The Hall–Kier alpha value is -2.63. The minimum Gasteiger partial charge on any atom is -0.373 e. The number of benzene rings is 1. The highest BCUT2D eigenvalue weighted by Gasteiger charge is 2.35. The summed E-state index contributed by atoms with van der Waals surface area (Å²) in [5.74, 6) is -1.23. The normalized spacial score (nSPS) is 15.0. The van der Waals surface area contributed by atoms with Gasteiger partial charge in [0, 0.05) is 23.7 Å². The molecule has 0 spiro atoms. The lowest BCUT2D eigenvalue weighted by Crippen LogP contribution is -2.35. The Morgan fingerprint density at radius 2 is 1.96 bits per heavy atom. The van der Waals surface area contributed by atoms with Gasteiger partial charge in [0.05, 0.1) is 22.5 Å². The van der Waals surface area contributed by atoms with E-state index in [-0.39, 0.29) is 5.56 Å². The number of aromatic amines is 1. The largest absolute Gasteiger partial charge is 0.373 e. The van der Waals surface area contributed by atoms with Gasteiger partial charge in [0.25, 0.3) is 0 Å². The molecular formula is C17H16F2N4. The van der Waals surface area contributed by atoms with E-state index >= 15 is 4.39 Å². The lowest BCUT2D eigenvalue weighted by molar-refractivity contribution is 0.532. The Morgan fingerprint density at radius 1 is 1.17 bits per heavy atom. The molecule has 118 valence electrons. The third-order valence-corrected chi connectivity index (χ3v) is 4.35. The van der Waals surface area contributed by atoms with Gasteiger partial charge in [0.15, 0.2) is 5.82 Å². The van der Waals surface area contributed by atoms with E-state index in [1.807, 2.05) is 37.5 Å². The van der Waals surface area contributed by atoms with E-state index in [1.165, 1.54) is 12.3 Å². The zero-order valence-electron chi connectivity index (χ0n) is 13.0. The quantitative estimate of drug-likeness (QED) is 0.710. The van der Waals surface area contributed by atoms with E-state index in [4.69, 9.17) is 0 Å². The molecule has 2 aromatic heterocycles. The molecule has 1 aliphatic heterocycles. The Labute approximate surface area is 132 Å². The van der Waals surface area contributed by atoms with Crippen LogP contribution < -0.4 is 5.32 Å². The predicted octanol–water partition coefficient (Wildman–Crippen LogP) is 4.11. The third-order valence-electron chi connectivity index (χ3n) is 4.35. The number of aromatic nitrogens is 3. The SMILES string of the molecule is Cc1ccc2n1-c1c(cc(F)c(-c3ccn[nH]3)c1F)NC2(C)C. The first-order valence-electron chi connectivity index (χ1n) is 7.39. The minimum atomic E-state index is -0.623. The molecule has 0 amide bonds. The first-order chi connectivity index (χ1) is 10.9. The second-order valence-electron chi connectivity index (χ2n) is 6.36. The summed E-state index contributed by atoms with van der Waals surface area (Å²) in [5, 5.41) is 9.65. The van der Waals surface area contributed by atoms with Gasteiger partial charge in [-0.2, -0.15) is 5.10 Å². The fraction of sp³-hybridized carbons (Fsp3) is 0.235. The van der Waals surface area contributed by atoms with Crippen molar-refractivity contribution in [2.45, 2.75) is 26.3 Å². The molecule has 0 aliphatic carbocycles. The van der Waals surface area contributed by atoms with E-state index in [9.17, 15) is 4.39 Å². The summed E-state index contributed by atoms with van der Waals surface area (Å²) in [6, 6.07) is 6.80. The molecule has 23 heavy (non-hydrogen) atoms. The maximum Gasteiger partial charge on any atom is 0.161 e. The van der Waals surface area contributed by atoms with E-state index in [2.05, 4.69) is 15.5 Å². The van der Waals surface area contributed by atoms with Crippen LogP contribution in [0.4, 0.5) is 14.5 Å². The molecule has 1 aromatic carbocycles. The number of aryl methyl sites for hydroxylation is 1. The third kappa shape index (κ3) is 1.84. The van der Waals surface area contributed by atoms with Gasteiger partial charge in [0.2, 0.25) is 0 Å². The molecule has 0 radical (unpaired) electrons. The maximum absolute atomic E-state index is 15.2. The summed E-state index contributed by atoms with van der Waals surface area (Å²) in [7, 11) is 0. The summed E-state index contributed by atoms with van der Waals surface area (Å²) < 4.78 is 31.6. The molecule has 6 heteroatoms. The van der Waals surface area contributed by atoms with E-state index < -0.39 is 17.2 Å². The summed E-state index contributed by atoms with van der Waals surface area (Å²) in [5.41, 5.74) is 2.42. The Balaban J connectivity index is 2.08. The lowest BCUT2D eigenvalue weighted by atomic mass is 9.95. The molecule has 2 N–H and O–H groups in total. The second-order valence-corrected chi connectivity index (χ2v) is 6.36. The molecule has 0 saturated heterocycles. The molecule has 0 bridgehead atoms. The fourth-order valence-electron chi connectivity index (χ4n) is 3.29. The number of nitrogens with zero attached hydrogens (tertiary/aromatic N) is 2. The molecule has 4 rings (SSSR count). The summed E-state index contributed by atoms with van der Waals surface area (Å²) >= 11 is 0. The van der Waals surface area contributed by atoms with Crippen LogP contribution in [0.25, 0.3) is 16.9 Å². The van der Waals surface area contributed by atoms with Crippen molar-refractivity contribution in [3.8, 4) is 16.9 Å². The number of nitrogens with one attached hydrogen (secondary N) is 2. The number of H-pyrrole nitrogens is 1. The molecule has 1 aliphatic rings. The molecule has 0 saturated carbocycles. The minimum absolute atomic E-state index is 0.0955. The van der Waals surface area contributed by atoms with Gasteiger partial charge in [-0.15, -0.1) is 0 Å². The summed E-state index contributed by atoms with van der Waals surface area (Å²) in [6.07, 6.45) is 1.47. The van der Waals surface area contributed by atoms with Gasteiger partial charge in [0.1, 0.15) is 11.5 Å². The van der Waals surface area contributed by atoms with Gasteiger partial charge in [-0.3, -0.25) is 5.10 Å². The zero-order chi connectivity index (χ0) is 16.4. The second kappa shape index (κ2) is 4.44. The van der Waals surface area contributed by atoms with Crippen LogP contribution >= 0.6 is 0 Å². The van der Waals surface area contributed by atoms with E-state index in [1.54, 1.807) is 6.07 Å². The standard InChI is InChI=1S/C17H16F2N4/c1-9-4-5-13-17(2,3)21-12-8-10(18)14(11-6-7-20-22-11)15(19)16(12)23(9)13/h4-8,21H,1-3H3,(H,20,22). The molecular weight excluding hydrogens is 298 g/mol. The van der Waals surface area contributed by atoms with Crippen molar-refractivity contribution in [1.29, 1.82) is 0 Å². The van der Waals surface area contributed by atoms with Gasteiger partial charge in [-0.1, -0.05) is 0 Å². The number of halogens is 2. The summed E-state index contributed by atoms with van der Waals surface area (Å²) in [6.45, 7) is 5.88. The highest BCUT2D eigenvalue weighted by molar-refractivity contribution is 5.76. The van der Waals surface area contributed by atoms with Crippen molar-refractivity contribution in [3.05, 3.63) is 53.5 Å². The Morgan fingerprint density at radius 3 is 2.65 bits per heavy atom. The van der Waals surface area contributed by atoms with Crippen molar-refractivity contribution in [2.75, 3.05) is 5.32 Å². The molecule has 3 aromatic rings. The van der Waals surface area contributed by atoms with Gasteiger partial charge >= 0.3 is 0 Å². The van der Waals surface area contributed by atoms with Crippen LogP contribution in [0.2, 0.25) is 0 Å². The molecule has 4 nitrogen and oxygen atoms in total. The number of hydrogen-bond acceptors (Lipinski definition) is 2. The smallest absolute Gasteiger partial charge is 0.161 e. The fourth-order valence-corrected chi connectivity index (χ4v) is 3.29. The number of rotatable bonds is 1. The van der Waals surface area contributed by atoms with Crippen LogP contribution in [0, 0.1) is 18.6 Å². The first kappa shape index (κ1) is 14.0. The van der Waals surface area contributed by atoms with Crippen molar-refractivity contribution in [1.82, 2.24) is 14.8 Å².